The minimum absolute atomic E-state index is 0.932. The highest BCUT2D eigenvalue weighted by Crippen LogP contribution is 2.45. The van der Waals surface area contributed by atoms with Crippen molar-refractivity contribution in [3.8, 4) is 22.3 Å². The third kappa shape index (κ3) is 4.90. The standard InChI is InChI=1S/C51H32N2S/c1-3-13-39-35(11-1)31-47(43-17-7-5-15-41(39)43)33-21-25-37(26-22-33)53(51-50-46(29-30-52-51)45-19-9-10-20-49(45)54-50)38-27-23-34(24-28-38)48-32-36-12-2-4-14-40(36)42-16-6-8-18-44(42)48/h1-32H. The molecule has 2 heterocycles. The zero-order valence-electron chi connectivity index (χ0n) is 29.3. The van der Waals surface area contributed by atoms with Gasteiger partial charge >= 0.3 is 0 Å². The smallest absolute Gasteiger partial charge is 0.155 e. The Labute approximate surface area is 316 Å². The van der Waals surface area contributed by atoms with Crippen LogP contribution in [0, 0.1) is 0 Å². The summed E-state index contributed by atoms with van der Waals surface area (Å²) in [7, 11) is 0. The van der Waals surface area contributed by atoms with Crippen molar-refractivity contribution in [1.29, 1.82) is 0 Å². The van der Waals surface area contributed by atoms with Crippen molar-refractivity contribution < 1.29 is 0 Å². The van der Waals surface area contributed by atoms with Gasteiger partial charge in [-0.1, -0.05) is 140 Å². The maximum Gasteiger partial charge on any atom is 0.155 e. The largest absolute Gasteiger partial charge is 0.294 e. The first kappa shape index (κ1) is 30.8. The summed E-state index contributed by atoms with van der Waals surface area (Å²) in [6.07, 6.45) is 1.95. The van der Waals surface area contributed by atoms with Crippen molar-refractivity contribution in [3.63, 3.8) is 0 Å². The summed E-state index contributed by atoms with van der Waals surface area (Å²) < 4.78 is 2.44. The highest BCUT2D eigenvalue weighted by atomic mass is 32.1. The van der Waals surface area contributed by atoms with Crippen LogP contribution in [0.15, 0.2) is 194 Å². The first-order chi connectivity index (χ1) is 26.8. The molecule has 0 aliphatic rings. The molecule has 2 nitrogen and oxygen atoms in total. The fourth-order valence-electron chi connectivity index (χ4n) is 8.36. The number of anilines is 3. The van der Waals surface area contributed by atoms with Crippen molar-refractivity contribution in [3.05, 3.63) is 194 Å². The summed E-state index contributed by atoms with van der Waals surface area (Å²) in [6, 6.07) is 68.4. The molecule has 0 N–H and O–H groups in total. The average Bonchev–Trinajstić information content (AvgIpc) is 3.63. The topological polar surface area (TPSA) is 16.1 Å². The van der Waals surface area contributed by atoms with Gasteiger partial charge in [-0.3, -0.25) is 4.90 Å². The Morgan fingerprint density at radius 2 is 0.815 bits per heavy atom. The second-order valence-electron chi connectivity index (χ2n) is 13.9. The Morgan fingerprint density at radius 3 is 1.35 bits per heavy atom. The van der Waals surface area contributed by atoms with E-state index in [0.717, 1.165) is 17.2 Å². The molecule has 9 aromatic carbocycles. The van der Waals surface area contributed by atoms with Crippen molar-refractivity contribution in [2.24, 2.45) is 0 Å². The van der Waals surface area contributed by atoms with Gasteiger partial charge in [0.25, 0.3) is 0 Å². The lowest BCUT2D eigenvalue weighted by molar-refractivity contribution is 1.21. The monoisotopic (exact) mass is 704 g/mol. The van der Waals surface area contributed by atoms with Gasteiger partial charge in [0.15, 0.2) is 5.82 Å². The van der Waals surface area contributed by atoms with E-state index in [1.54, 1.807) is 11.3 Å². The molecule has 0 saturated heterocycles. The van der Waals surface area contributed by atoms with Gasteiger partial charge in [0.1, 0.15) is 0 Å². The van der Waals surface area contributed by atoms with Crippen LogP contribution in [-0.4, -0.2) is 4.98 Å². The molecule has 11 rings (SSSR count). The molecule has 0 saturated carbocycles. The minimum atomic E-state index is 0.932. The molecule has 0 amide bonds. The Hall–Kier alpha value is -6.81. The molecule has 0 radical (unpaired) electrons. The highest BCUT2D eigenvalue weighted by Gasteiger charge is 2.20. The van der Waals surface area contributed by atoms with Crippen molar-refractivity contribution in [1.82, 2.24) is 4.98 Å². The van der Waals surface area contributed by atoms with Gasteiger partial charge < -0.3 is 0 Å². The molecule has 11 aromatic rings. The molecule has 0 fully saturated rings. The van der Waals surface area contributed by atoms with Crippen LogP contribution in [0.1, 0.15) is 0 Å². The van der Waals surface area contributed by atoms with Crippen LogP contribution in [0.25, 0.3) is 85.5 Å². The summed E-state index contributed by atoms with van der Waals surface area (Å²) in [4.78, 5) is 7.42. The Balaban J connectivity index is 1.08. The number of hydrogen-bond acceptors (Lipinski definition) is 3. The molecular formula is C51H32N2S. The second kappa shape index (κ2) is 12.4. The van der Waals surface area contributed by atoms with Crippen molar-refractivity contribution >= 4 is 91.8 Å². The summed E-state index contributed by atoms with van der Waals surface area (Å²) >= 11 is 1.81. The third-order valence-electron chi connectivity index (χ3n) is 10.9. The SMILES string of the molecule is c1ccc2c(c1)cc(-c1ccc(N(c3ccc(-c4cc5ccccc5c5ccccc45)cc3)c3nccc4c3sc3ccccc34)cc1)c1ccccc12. The Kier molecular flexibility index (Phi) is 7.07. The molecule has 252 valence electrons. The van der Waals surface area contributed by atoms with E-state index in [9.17, 15) is 0 Å². The first-order valence-corrected chi connectivity index (χ1v) is 19.2. The fourth-order valence-corrected chi connectivity index (χ4v) is 9.53. The van der Waals surface area contributed by atoms with Crippen molar-refractivity contribution in [2.45, 2.75) is 0 Å². The first-order valence-electron chi connectivity index (χ1n) is 18.4. The zero-order valence-corrected chi connectivity index (χ0v) is 30.1. The van der Waals surface area contributed by atoms with Crippen LogP contribution in [0.4, 0.5) is 17.2 Å². The molecule has 0 unspecified atom stereocenters. The third-order valence-corrected chi connectivity index (χ3v) is 12.1. The fraction of sp³-hybridized carbons (Fsp3) is 0. The van der Waals surface area contributed by atoms with Gasteiger partial charge in [-0.25, -0.2) is 4.98 Å². The summed E-state index contributed by atoms with van der Waals surface area (Å²) in [5, 5.41) is 12.6. The molecular weight excluding hydrogens is 673 g/mol. The molecule has 0 aliphatic heterocycles. The number of fused-ring (bicyclic) bond motifs is 9. The van der Waals surface area contributed by atoms with E-state index in [0.29, 0.717) is 0 Å². The summed E-state index contributed by atoms with van der Waals surface area (Å²) in [6.45, 7) is 0. The lowest BCUT2D eigenvalue weighted by Crippen LogP contribution is -2.11. The van der Waals surface area contributed by atoms with Gasteiger partial charge in [0.05, 0.1) is 4.70 Å². The molecule has 2 aromatic heterocycles. The lowest BCUT2D eigenvalue weighted by atomic mass is 9.93. The van der Waals surface area contributed by atoms with E-state index >= 15 is 0 Å². The molecule has 0 spiro atoms. The predicted molar refractivity (Wildman–Crippen MR) is 233 cm³/mol. The van der Waals surface area contributed by atoms with E-state index in [1.807, 2.05) is 6.20 Å². The molecule has 3 heteroatoms. The maximum atomic E-state index is 5.10. The number of aromatic nitrogens is 1. The number of thiophene rings is 1. The van der Waals surface area contributed by atoms with Crippen LogP contribution in [0.2, 0.25) is 0 Å². The molecule has 54 heavy (non-hydrogen) atoms. The van der Waals surface area contributed by atoms with Gasteiger partial charge in [0, 0.05) is 33.0 Å². The molecule has 0 aliphatic carbocycles. The molecule has 0 atom stereocenters. The van der Waals surface area contributed by atoms with Crippen LogP contribution < -0.4 is 4.90 Å². The van der Waals surface area contributed by atoms with E-state index in [-0.39, 0.29) is 0 Å². The normalized spacial score (nSPS) is 11.7. The second-order valence-corrected chi connectivity index (χ2v) is 15.0. The van der Waals surface area contributed by atoms with Crippen LogP contribution in [0.3, 0.4) is 0 Å². The molecule has 0 bridgehead atoms. The lowest BCUT2D eigenvalue weighted by Gasteiger charge is -2.25. The zero-order chi connectivity index (χ0) is 35.6. The number of pyridine rings is 1. The summed E-state index contributed by atoms with van der Waals surface area (Å²) in [5.41, 5.74) is 6.97. The van der Waals surface area contributed by atoms with E-state index in [2.05, 4.69) is 193 Å². The quantitative estimate of drug-likeness (QED) is 0.166. The van der Waals surface area contributed by atoms with Gasteiger partial charge in [-0.15, -0.1) is 11.3 Å². The number of nitrogens with zero attached hydrogens (tertiary/aromatic N) is 2. The van der Waals surface area contributed by atoms with E-state index < -0.39 is 0 Å². The van der Waals surface area contributed by atoms with Gasteiger partial charge in [0.2, 0.25) is 0 Å². The number of rotatable bonds is 5. The highest BCUT2D eigenvalue weighted by molar-refractivity contribution is 7.26. The van der Waals surface area contributed by atoms with Crippen molar-refractivity contribution in [2.75, 3.05) is 4.90 Å². The van der Waals surface area contributed by atoms with E-state index in [4.69, 9.17) is 4.98 Å². The van der Waals surface area contributed by atoms with Crippen LogP contribution >= 0.6 is 11.3 Å². The van der Waals surface area contributed by atoms with E-state index in [1.165, 1.54) is 85.5 Å². The van der Waals surface area contributed by atoms with Gasteiger partial charge in [-0.05, 0) is 114 Å². The number of hydrogen-bond donors (Lipinski definition) is 0. The number of benzene rings is 9. The maximum absolute atomic E-state index is 5.10. The Morgan fingerprint density at radius 1 is 0.370 bits per heavy atom. The minimum Gasteiger partial charge on any atom is -0.294 e. The predicted octanol–water partition coefficient (Wildman–Crippen LogP) is 14.9. The average molecular weight is 705 g/mol. The van der Waals surface area contributed by atoms with Gasteiger partial charge in [-0.2, -0.15) is 0 Å². The Bertz CT molecular complexity index is 3050. The van der Waals surface area contributed by atoms with Crippen LogP contribution in [0.5, 0.6) is 0 Å². The summed E-state index contributed by atoms with van der Waals surface area (Å²) in [5.74, 6) is 0.932. The van der Waals surface area contributed by atoms with Crippen LogP contribution in [-0.2, 0) is 0 Å².